The van der Waals surface area contributed by atoms with Crippen LogP contribution in [-0.4, -0.2) is 13.2 Å². The molecule has 1 nitrogen and oxygen atoms in total. The van der Waals surface area contributed by atoms with E-state index < -0.39 is 0 Å². The monoisotopic (exact) mass is 226 g/mol. The fraction of sp³-hybridized carbons (Fsp3) is 0.867. The molecule has 0 aliphatic heterocycles. The Balaban J connectivity index is 2.88. The van der Waals surface area contributed by atoms with E-state index in [1.807, 2.05) is 0 Å². The van der Waals surface area contributed by atoms with Gasteiger partial charge >= 0.3 is 0 Å². The third-order valence-electron chi connectivity index (χ3n) is 2.79. The molecule has 0 atom stereocenters. The van der Waals surface area contributed by atoms with Crippen LogP contribution in [0.2, 0.25) is 0 Å². The van der Waals surface area contributed by atoms with Crippen LogP contribution in [0.1, 0.15) is 71.6 Å². The van der Waals surface area contributed by atoms with Crippen molar-refractivity contribution in [3.05, 3.63) is 12.2 Å². The molecule has 0 aromatic heterocycles. The molecule has 0 fully saturated rings. The Bertz CT molecular complexity index is 140. The van der Waals surface area contributed by atoms with E-state index in [4.69, 9.17) is 4.74 Å². The van der Waals surface area contributed by atoms with Crippen molar-refractivity contribution >= 4 is 0 Å². The quantitative estimate of drug-likeness (QED) is 0.332. The number of hydrogen-bond acceptors (Lipinski definition) is 1. The Morgan fingerprint density at radius 2 is 1.44 bits per heavy atom. The fourth-order valence-corrected chi connectivity index (χ4v) is 1.69. The van der Waals surface area contributed by atoms with Crippen LogP contribution in [-0.2, 0) is 4.74 Å². The highest BCUT2D eigenvalue weighted by atomic mass is 16.5. The minimum atomic E-state index is 0.958. The Morgan fingerprint density at radius 1 is 0.812 bits per heavy atom. The van der Waals surface area contributed by atoms with Crippen molar-refractivity contribution in [2.24, 2.45) is 0 Å². The summed E-state index contributed by atoms with van der Waals surface area (Å²) in [7, 11) is 0. The van der Waals surface area contributed by atoms with Gasteiger partial charge in [0.25, 0.3) is 0 Å². The van der Waals surface area contributed by atoms with Crippen molar-refractivity contribution in [2.45, 2.75) is 71.6 Å². The molecule has 0 radical (unpaired) electrons. The predicted molar refractivity (Wildman–Crippen MR) is 72.9 cm³/mol. The molecule has 96 valence electrons. The lowest BCUT2D eigenvalue weighted by Gasteiger charge is -2.03. The molecule has 0 amide bonds. The third kappa shape index (κ3) is 13.7. The Kier molecular flexibility index (Phi) is 14.4. The summed E-state index contributed by atoms with van der Waals surface area (Å²) >= 11 is 0. The highest BCUT2D eigenvalue weighted by Crippen LogP contribution is 2.07. The summed E-state index contributed by atoms with van der Waals surface area (Å²) in [6.45, 7) is 6.23. The predicted octanol–water partition coefficient (Wildman–Crippen LogP) is 5.11. The maximum absolute atomic E-state index is 5.52. The highest BCUT2D eigenvalue weighted by Gasteiger charge is 1.91. The average molecular weight is 226 g/mol. The molecule has 0 unspecified atom stereocenters. The Hall–Kier alpha value is -0.300. The van der Waals surface area contributed by atoms with Crippen LogP contribution in [0.5, 0.6) is 0 Å². The first-order chi connectivity index (χ1) is 7.91. The molecule has 0 N–H and O–H groups in total. The molecule has 0 rings (SSSR count). The molecule has 0 spiro atoms. The number of hydrogen-bond donors (Lipinski definition) is 0. The second-order valence-electron chi connectivity index (χ2n) is 4.44. The van der Waals surface area contributed by atoms with Crippen LogP contribution < -0.4 is 0 Å². The molecule has 1 heteroatoms. The van der Waals surface area contributed by atoms with Gasteiger partial charge in [-0.05, 0) is 32.6 Å². The van der Waals surface area contributed by atoms with Gasteiger partial charge in [-0.2, -0.15) is 0 Å². The molecular weight excluding hydrogens is 196 g/mol. The van der Waals surface area contributed by atoms with E-state index in [1.165, 1.54) is 57.8 Å². The molecule has 0 aromatic carbocycles. The number of allylic oxidation sites excluding steroid dienone is 2. The van der Waals surface area contributed by atoms with Crippen molar-refractivity contribution in [1.82, 2.24) is 0 Å². The first-order valence-corrected chi connectivity index (χ1v) is 7.10. The van der Waals surface area contributed by atoms with Gasteiger partial charge in [-0.3, -0.25) is 0 Å². The van der Waals surface area contributed by atoms with Gasteiger partial charge in [0.1, 0.15) is 0 Å². The third-order valence-corrected chi connectivity index (χ3v) is 2.79. The second kappa shape index (κ2) is 14.7. The summed E-state index contributed by atoms with van der Waals surface area (Å²) in [5.41, 5.74) is 0. The first kappa shape index (κ1) is 15.7. The van der Waals surface area contributed by atoms with Crippen LogP contribution in [0.4, 0.5) is 0 Å². The average Bonchev–Trinajstić information content (AvgIpc) is 2.31. The van der Waals surface area contributed by atoms with Crippen molar-refractivity contribution in [2.75, 3.05) is 13.2 Å². The summed E-state index contributed by atoms with van der Waals surface area (Å²) in [5, 5.41) is 0. The maximum atomic E-state index is 5.52. The van der Waals surface area contributed by atoms with Gasteiger partial charge in [-0.1, -0.05) is 51.2 Å². The topological polar surface area (TPSA) is 9.23 Å². The van der Waals surface area contributed by atoms with Gasteiger partial charge in [0, 0.05) is 13.2 Å². The van der Waals surface area contributed by atoms with Crippen molar-refractivity contribution in [3.63, 3.8) is 0 Å². The van der Waals surface area contributed by atoms with Crippen LogP contribution >= 0.6 is 0 Å². The van der Waals surface area contributed by atoms with E-state index in [0.717, 1.165) is 13.2 Å². The molecular formula is C15H30O. The number of unbranched alkanes of at least 4 members (excludes halogenated alkanes) is 7. The minimum Gasteiger partial charge on any atom is -0.381 e. The number of rotatable bonds is 12. The Morgan fingerprint density at radius 3 is 2.12 bits per heavy atom. The van der Waals surface area contributed by atoms with Gasteiger partial charge < -0.3 is 4.74 Å². The second-order valence-corrected chi connectivity index (χ2v) is 4.44. The molecule has 0 saturated carbocycles. The molecule has 0 aliphatic rings. The molecule has 16 heavy (non-hydrogen) atoms. The zero-order valence-corrected chi connectivity index (χ0v) is 11.3. The smallest absolute Gasteiger partial charge is 0.0466 e. The molecule has 0 aliphatic carbocycles. The summed E-state index contributed by atoms with van der Waals surface area (Å²) in [5.74, 6) is 0. The minimum absolute atomic E-state index is 0.958. The van der Waals surface area contributed by atoms with Gasteiger partial charge in [-0.25, -0.2) is 0 Å². The summed E-state index contributed by atoms with van der Waals surface area (Å²) in [6.07, 6.45) is 16.2. The maximum Gasteiger partial charge on any atom is 0.0466 e. The summed E-state index contributed by atoms with van der Waals surface area (Å²) in [6, 6.07) is 0. The lowest BCUT2D eigenvalue weighted by molar-refractivity contribution is 0.127. The zero-order valence-electron chi connectivity index (χ0n) is 11.3. The lowest BCUT2D eigenvalue weighted by atomic mass is 10.1. The van der Waals surface area contributed by atoms with Crippen molar-refractivity contribution < 1.29 is 4.74 Å². The van der Waals surface area contributed by atoms with Crippen LogP contribution in [0, 0.1) is 0 Å². The van der Waals surface area contributed by atoms with Crippen LogP contribution in [0.25, 0.3) is 0 Å². The van der Waals surface area contributed by atoms with Crippen molar-refractivity contribution in [3.8, 4) is 0 Å². The van der Waals surface area contributed by atoms with Crippen molar-refractivity contribution in [1.29, 1.82) is 0 Å². The van der Waals surface area contributed by atoms with E-state index in [1.54, 1.807) is 0 Å². The zero-order chi connectivity index (χ0) is 11.9. The molecule has 0 aromatic rings. The highest BCUT2D eigenvalue weighted by molar-refractivity contribution is 4.76. The van der Waals surface area contributed by atoms with Gasteiger partial charge in [0.05, 0.1) is 0 Å². The SMILES string of the molecule is C/C=C\CCCCCCCCOCCCC. The van der Waals surface area contributed by atoms with Crippen LogP contribution in [0.15, 0.2) is 12.2 Å². The van der Waals surface area contributed by atoms with Gasteiger partial charge in [0.15, 0.2) is 0 Å². The van der Waals surface area contributed by atoms with Gasteiger partial charge in [0.2, 0.25) is 0 Å². The summed E-state index contributed by atoms with van der Waals surface area (Å²) < 4.78 is 5.52. The lowest BCUT2D eigenvalue weighted by Crippen LogP contribution is -1.96. The first-order valence-electron chi connectivity index (χ1n) is 7.10. The van der Waals surface area contributed by atoms with E-state index in [0.29, 0.717) is 0 Å². The van der Waals surface area contributed by atoms with E-state index in [9.17, 15) is 0 Å². The van der Waals surface area contributed by atoms with Crippen LogP contribution in [0.3, 0.4) is 0 Å². The standard InChI is InChI=1S/C15H30O/c1-3-5-7-8-9-10-11-12-13-15-16-14-6-4-2/h3,5H,4,6-15H2,1-2H3/b5-3-. The van der Waals surface area contributed by atoms with E-state index >= 15 is 0 Å². The Labute approximate surface area is 102 Å². The normalized spacial score (nSPS) is 11.4. The molecule has 0 bridgehead atoms. The van der Waals surface area contributed by atoms with E-state index in [2.05, 4.69) is 26.0 Å². The largest absolute Gasteiger partial charge is 0.381 e. The molecule has 0 heterocycles. The van der Waals surface area contributed by atoms with E-state index in [-0.39, 0.29) is 0 Å². The fourth-order valence-electron chi connectivity index (χ4n) is 1.69. The van der Waals surface area contributed by atoms with Gasteiger partial charge in [-0.15, -0.1) is 0 Å². The summed E-state index contributed by atoms with van der Waals surface area (Å²) in [4.78, 5) is 0. The number of ether oxygens (including phenoxy) is 1. The molecule has 0 saturated heterocycles.